The number of carbonyl (C=O) groups excluding carboxylic acids is 3. The number of carbonyl (C=O) groups is 4. The molecule has 1 saturated heterocycles. The van der Waals surface area contributed by atoms with Crippen molar-refractivity contribution in [2.45, 2.75) is 212 Å². The fourth-order valence-electron chi connectivity index (χ4n) is 7.23. The van der Waals surface area contributed by atoms with Crippen molar-refractivity contribution in [3.05, 3.63) is 146 Å². The standard InChI is InChI=1S/C63H94O12/c1-4-7-10-13-16-19-22-25-27-28-30-32-34-37-40-43-46-49-55(64)71-52-54(73-56(65)50-47-44-41-38-35-31-24-21-18-15-12-9-6-3)53-72-63-61(59(68)58(67)60(75-63)62(69)70)74-57(66)51-48-45-42-39-36-33-29-26-23-20-17-14-11-8-5-2/h7-12,16-21,25-27,29-32,35-37,39-40,54,58-61,63,67-68H,4-6,13-15,22-24,28,33-34,38,41-53H2,1-3H3,(H,69,70)/b10-7-,11-8-,12-9-,19-16-,20-17-,21-18-,27-25-,29-26-,32-30-,35-31-,39-36-,40-37-. The topological polar surface area (TPSA) is 175 Å². The molecule has 0 radical (unpaired) electrons. The molecule has 1 aliphatic rings. The van der Waals surface area contributed by atoms with Crippen LogP contribution in [0.1, 0.15) is 175 Å². The smallest absolute Gasteiger partial charge is 0.335 e. The van der Waals surface area contributed by atoms with Crippen molar-refractivity contribution in [1.29, 1.82) is 0 Å². The summed E-state index contributed by atoms with van der Waals surface area (Å²) < 4.78 is 28.2. The second-order valence-corrected chi connectivity index (χ2v) is 18.1. The van der Waals surface area contributed by atoms with E-state index < -0.39 is 67.3 Å². The van der Waals surface area contributed by atoms with Gasteiger partial charge in [0.1, 0.15) is 18.8 Å². The minimum absolute atomic E-state index is 0.00990. The predicted octanol–water partition coefficient (Wildman–Crippen LogP) is 14.0. The summed E-state index contributed by atoms with van der Waals surface area (Å²) in [5.74, 6) is -3.33. The van der Waals surface area contributed by atoms with Crippen LogP contribution >= 0.6 is 0 Å². The predicted molar refractivity (Wildman–Crippen MR) is 302 cm³/mol. The van der Waals surface area contributed by atoms with Crippen LogP contribution in [0.25, 0.3) is 0 Å². The van der Waals surface area contributed by atoms with Crippen molar-refractivity contribution in [1.82, 2.24) is 0 Å². The lowest BCUT2D eigenvalue weighted by Gasteiger charge is -2.40. The molecule has 1 rings (SSSR count). The van der Waals surface area contributed by atoms with Gasteiger partial charge in [-0.15, -0.1) is 0 Å². The summed E-state index contributed by atoms with van der Waals surface area (Å²) in [4.78, 5) is 51.0. The van der Waals surface area contributed by atoms with E-state index in [0.29, 0.717) is 32.1 Å². The molecule has 0 amide bonds. The average Bonchev–Trinajstić information content (AvgIpc) is 3.39. The van der Waals surface area contributed by atoms with Gasteiger partial charge in [-0.2, -0.15) is 0 Å². The van der Waals surface area contributed by atoms with Gasteiger partial charge < -0.3 is 39.0 Å². The summed E-state index contributed by atoms with van der Waals surface area (Å²) in [5.41, 5.74) is 0. The Kier molecular flexibility index (Phi) is 44.6. The molecule has 0 aromatic carbocycles. The number of hydrogen-bond donors (Lipinski definition) is 3. The molecule has 3 N–H and O–H groups in total. The van der Waals surface area contributed by atoms with E-state index in [-0.39, 0.29) is 25.9 Å². The van der Waals surface area contributed by atoms with E-state index in [9.17, 15) is 34.5 Å². The van der Waals surface area contributed by atoms with E-state index in [1.54, 1.807) is 0 Å². The number of hydrogen-bond acceptors (Lipinski definition) is 11. The third-order valence-corrected chi connectivity index (χ3v) is 11.4. The number of carboxylic acid groups (broad SMARTS) is 1. The number of aliphatic carboxylic acids is 1. The molecule has 1 aliphatic heterocycles. The molecule has 0 aromatic rings. The molecule has 12 heteroatoms. The van der Waals surface area contributed by atoms with Gasteiger partial charge in [0.2, 0.25) is 0 Å². The van der Waals surface area contributed by atoms with Crippen LogP contribution in [0, 0.1) is 0 Å². The molecule has 0 aliphatic carbocycles. The second-order valence-electron chi connectivity index (χ2n) is 18.1. The Morgan fingerprint density at radius 2 is 0.813 bits per heavy atom. The molecular formula is C63H94O12. The number of rotatable bonds is 44. The van der Waals surface area contributed by atoms with Crippen molar-refractivity contribution >= 4 is 23.9 Å². The highest BCUT2D eigenvalue weighted by molar-refractivity contribution is 5.74. The summed E-state index contributed by atoms with van der Waals surface area (Å²) in [6.07, 6.45) is 58.4. The lowest BCUT2D eigenvalue weighted by Crippen LogP contribution is -2.61. The van der Waals surface area contributed by atoms with Crippen LogP contribution in [0.2, 0.25) is 0 Å². The summed E-state index contributed by atoms with van der Waals surface area (Å²) in [6, 6.07) is 0. The number of allylic oxidation sites excluding steroid dienone is 24. The van der Waals surface area contributed by atoms with E-state index in [0.717, 1.165) is 103 Å². The molecule has 1 fully saturated rings. The number of ether oxygens (including phenoxy) is 5. The molecule has 12 nitrogen and oxygen atoms in total. The number of aliphatic hydroxyl groups is 2. The molecule has 0 saturated carbocycles. The molecule has 6 unspecified atom stereocenters. The highest BCUT2D eigenvalue weighted by Gasteiger charge is 2.50. The lowest BCUT2D eigenvalue weighted by atomic mass is 9.98. The zero-order chi connectivity index (χ0) is 54.7. The molecule has 1 heterocycles. The fourth-order valence-corrected chi connectivity index (χ4v) is 7.23. The zero-order valence-corrected chi connectivity index (χ0v) is 45.7. The fraction of sp³-hybridized carbons (Fsp3) is 0.556. The number of esters is 3. The van der Waals surface area contributed by atoms with E-state index in [4.69, 9.17) is 23.7 Å². The van der Waals surface area contributed by atoms with Crippen molar-refractivity contribution in [3.63, 3.8) is 0 Å². The van der Waals surface area contributed by atoms with E-state index in [2.05, 4.69) is 148 Å². The van der Waals surface area contributed by atoms with Crippen LogP contribution in [0.5, 0.6) is 0 Å². The van der Waals surface area contributed by atoms with Crippen molar-refractivity contribution in [2.24, 2.45) is 0 Å². The molecule has 75 heavy (non-hydrogen) atoms. The first-order chi connectivity index (χ1) is 36.6. The highest BCUT2D eigenvalue weighted by Crippen LogP contribution is 2.26. The Hall–Kier alpha value is -5.40. The van der Waals surface area contributed by atoms with Gasteiger partial charge in [0.05, 0.1) is 6.61 Å². The first kappa shape index (κ1) is 67.6. The van der Waals surface area contributed by atoms with Crippen LogP contribution in [0.3, 0.4) is 0 Å². The number of carboxylic acids is 1. The van der Waals surface area contributed by atoms with Crippen molar-refractivity contribution in [2.75, 3.05) is 13.2 Å². The largest absolute Gasteiger partial charge is 0.479 e. The monoisotopic (exact) mass is 1040 g/mol. The second kappa shape index (κ2) is 49.5. The molecule has 0 aromatic heterocycles. The SMILES string of the molecule is CC/C=C\C/C=C\C/C=C\C/C=C\C/C=C\CCCC(=O)OCC(COC1OC(C(=O)O)C(O)C(O)C1OC(=O)CCCC/C=C\C/C=C\C/C=C\C/C=C\CC)OC(=O)CCCCC/C=C\C/C=C\C/C=C\CC. The highest BCUT2D eigenvalue weighted by atomic mass is 16.7. The van der Waals surface area contributed by atoms with Gasteiger partial charge in [0.15, 0.2) is 24.6 Å². The van der Waals surface area contributed by atoms with Crippen molar-refractivity contribution in [3.8, 4) is 0 Å². The van der Waals surface area contributed by atoms with Gasteiger partial charge in [-0.3, -0.25) is 14.4 Å². The molecule has 0 bridgehead atoms. The maximum absolute atomic E-state index is 13.1. The Balaban J connectivity index is 2.80. The lowest BCUT2D eigenvalue weighted by molar-refractivity contribution is -0.301. The minimum Gasteiger partial charge on any atom is -0.479 e. The summed E-state index contributed by atoms with van der Waals surface area (Å²) in [7, 11) is 0. The van der Waals surface area contributed by atoms with E-state index in [1.807, 2.05) is 18.2 Å². The average molecular weight is 1040 g/mol. The van der Waals surface area contributed by atoms with Gasteiger partial charge in [0.25, 0.3) is 0 Å². The van der Waals surface area contributed by atoms with Crippen LogP contribution < -0.4 is 0 Å². The third kappa shape index (κ3) is 39.7. The van der Waals surface area contributed by atoms with Gasteiger partial charge in [-0.25, -0.2) is 4.79 Å². The third-order valence-electron chi connectivity index (χ3n) is 11.4. The maximum Gasteiger partial charge on any atom is 0.335 e. The normalized spacial score (nSPS) is 19.3. The van der Waals surface area contributed by atoms with E-state index in [1.165, 1.54) is 0 Å². The number of unbranched alkanes of at least 4 members (excludes halogenated alkanes) is 6. The van der Waals surface area contributed by atoms with Gasteiger partial charge in [-0.05, 0) is 128 Å². The van der Waals surface area contributed by atoms with Gasteiger partial charge in [0, 0.05) is 19.3 Å². The van der Waals surface area contributed by atoms with Gasteiger partial charge in [-0.1, -0.05) is 173 Å². The Morgan fingerprint density at radius 3 is 1.25 bits per heavy atom. The summed E-state index contributed by atoms with van der Waals surface area (Å²) in [5, 5.41) is 31.4. The van der Waals surface area contributed by atoms with E-state index >= 15 is 0 Å². The first-order valence-corrected chi connectivity index (χ1v) is 27.8. The first-order valence-electron chi connectivity index (χ1n) is 27.8. The Labute approximate surface area is 451 Å². The summed E-state index contributed by atoms with van der Waals surface area (Å²) >= 11 is 0. The number of aliphatic hydroxyl groups excluding tert-OH is 2. The van der Waals surface area contributed by atoms with Crippen molar-refractivity contribution < 1.29 is 58.2 Å². The Morgan fingerprint density at radius 1 is 0.440 bits per heavy atom. The van der Waals surface area contributed by atoms with Gasteiger partial charge >= 0.3 is 23.9 Å². The molecule has 6 atom stereocenters. The summed E-state index contributed by atoms with van der Waals surface area (Å²) in [6.45, 7) is 5.52. The van der Waals surface area contributed by atoms with Crippen LogP contribution in [0.15, 0.2) is 146 Å². The van der Waals surface area contributed by atoms with Crippen LogP contribution in [-0.4, -0.2) is 89.2 Å². The zero-order valence-electron chi connectivity index (χ0n) is 45.7. The molecule has 0 spiro atoms. The maximum atomic E-state index is 13.1. The molecular weight excluding hydrogens is 949 g/mol. The molecule has 418 valence electrons. The van der Waals surface area contributed by atoms with Crippen LogP contribution in [0.4, 0.5) is 0 Å². The van der Waals surface area contributed by atoms with Crippen LogP contribution in [-0.2, 0) is 42.9 Å². The minimum atomic E-state index is -1.94. The quantitative estimate of drug-likeness (QED) is 0.0228. The Bertz CT molecular complexity index is 1860.